The quantitative estimate of drug-likeness (QED) is 0.325. The third-order valence-electron chi connectivity index (χ3n) is 3.96. The van der Waals surface area contributed by atoms with Gasteiger partial charge in [-0.2, -0.15) is 9.37 Å². The molecule has 1 aromatic carbocycles. The van der Waals surface area contributed by atoms with E-state index in [4.69, 9.17) is 83.2 Å². The number of rotatable bonds is 2. The maximum Gasteiger partial charge on any atom is 0.533 e. The Labute approximate surface area is 218 Å². The second-order valence-corrected chi connectivity index (χ2v) is 27.5. The molecule has 31 heavy (non-hydrogen) atoms. The molecule has 1 aromatic rings. The molecule has 0 saturated carbocycles. The van der Waals surface area contributed by atoms with Gasteiger partial charge in [-0.15, -0.1) is 0 Å². The van der Waals surface area contributed by atoms with E-state index in [0.717, 1.165) is 16.7 Å². The van der Waals surface area contributed by atoms with E-state index in [-0.39, 0.29) is 10.8 Å². The minimum atomic E-state index is -3.63. The number of nitrogens with one attached hydrogen (secondary N) is 1. The molecular formula is C15H24Cl7N4OP4+. The summed E-state index contributed by atoms with van der Waals surface area (Å²) in [5, 5.41) is 0. The van der Waals surface area contributed by atoms with Gasteiger partial charge in [0.2, 0.25) is 5.91 Å². The average molecular weight is 648 g/mol. The third-order valence-corrected chi connectivity index (χ3v) is 20.6. The maximum atomic E-state index is 6.83. The zero-order valence-electron chi connectivity index (χ0n) is 17.8. The number of hydrogen-bond donors (Lipinski definition) is 1. The van der Waals surface area contributed by atoms with E-state index < -0.39 is 24.9 Å². The van der Waals surface area contributed by atoms with Gasteiger partial charge in [-0.05, 0) is 94.2 Å². The first-order valence-electron chi connectivity index (χ1n) is 8.87. The van der Waals surface area contributed by atoms with Crippen molar-refractivity contribution in [3.05, 3.63) is 28.8 Å². The number of benzene rings is 1. The molecular weight excluding hydrogens is 624 g/mol. The van der Waals surface area contributed by atoms with Crippen molar-refractivity contribution in [3.8, 4) is 5.75 Å². The van der Waals surface area contributed by atoms with Gasteiger partial charge in [0.25, 0.3) is 11.8 Å². The molecule has 2 rings (SSSR count). The van der Waals surface area contributed by atoms with Gasteiger partial charge in [0.15, 0.2) is 17.0 Å². The van der Waals surface area contributed by atoms with Gasteiger partial charge < -0.3 is 0 Å². The second-order valence-electron chi connectivity index (χ2n) is 9.05. The van der Waals surface area contributed by atoms with Gasteiger partial charge in [-0.3, -0.25) is 4.52 Å². The third kappa shape index (κ3) is 8.34. The van der Waals surface area contributed by atoms with E-state index in [1.54, 1.807) is 0 Å². The monoisotopic (exact) mass is 645 g/mol. The highest BCUT2D eigenvalue weighted by atomic mass is 35.9. The Morgan fingerprint density at radius 2 is 1.29 bits per heavy atom. The molecule has 0 radical (unpaired) electrons. The van der Waals surface area contributed by atoms with Crippen molar-refractivity contribution in [2.24, 2.45) is 13.5 Å². The first-order chi connectivity index (χ1) is 13.5. The molecule has 178 valence electrons. The summed E-state index contributed by atoms with van der Waals surface area (Å²) in [6, 6.07) is 4.09. The highest BCUT2D eigenvalue weighted by Gasteiger charge is 2.51. The molecule has 1 aliphatic rings. The Morgan fingerprint density at radius 3 is 1.71 bits per heavy atom. The van der Waals surface area contributed by atoms with Crippen molar-refractivity contribution in [1.82, 2.24) is 4.86 Å². The van der Waals surface area contributed by atoms with E-state index in [1.807, 2.05) is 19.1 Å². The molecule has 0 amide bonds. The van der Waals surface area contributed by atoms with E-state index in [9.17, 15) is 0 Å². The predicted molar refractivity (Wildman–Crippen MR) is 148 cm³/mol. The lowest BCUT2D eigenvalue weighted by Gasteiger charge is -2.29. The van der Waals surface area contributed by atoms with Crippen molar-refractivity contribution < 1.29 is 4.52 Å². The van der Waals surface area contributed by atoms with Crippen LogP contribution in [0.3, 0.4) is 0 Å². The lowest BCUT2D eigenvalue weighted by Crippen LogP contribution is -2.19. The van der Waals surface area contributed by atoms with E-state index in [2.05, 4.69) is 59.9 Å². The van der Waals surface area contributed by atoms with Crippen LogP contribution in [0, 0.1) is 6.92 Å². The minimum absolute atomic E-state index is 0.280. The van der Waals surface area contributed by atoms with E-state index >= 15 is 0 Å². The summed E-state index contributed by atoms with van der Waals surface area (Å²) >= 11 is 44.7. The zero-order chi connectivity index (χ0) is 24.3. The Balaban J connectivity index is 2.88. The fourth-order valence-electron chi connectivity index (χ4n) is 2.77. The first kappa shape index (κ1) is 29.4. The molecule has 5 nitrogen and oxygen atoms in total. The summed E-state index contributed by atoms with van der Waals surface area (Å²) in [7, 11) is -3.63. The van der Waals surface area contributed by atoms with E-state index in [1.165, 1.54) is 0 Å². The highest BCUT2D eigenvalue weighted by Crippen LogP contribution is 2.88. The van der Waals surface area contributed by atoms with Crippen LogP contribution in [0.15, 0.2) is 25.7 Å². The summed E-state index contributed by atoms with van der Waals surface area (Å²) in [5.41, 5.74) is 2.37. The van der Waals surface area contributed by atoms with Crippen molar-refractivity contribution in [2.45, 2.75) is 59.3 Å². The van der Waals surface area contributed by atoms with Crippen LogP contribution in [0.1, 0.15) is 58.2 Å². The van der Waals surface area contributed by atoms with Crippen LogP contribution in [0.25, 0.3) is 0 Å². The predicted octanol–water partition coefficient (Wildman–Crippen LogP) is 12.8. The SMILES string of the molecule is Cc1cc(C(C)(C)C)c(O[P+]2(Cl)N=P(Cl)(Cl)N=P(Cl)(Cl)NP(Cl)(Cl)=N2)c(C(C)(C)C)c1. The van der Waals surface area contributed by atoms with E-state index in [0.29, 0.717) is 5.75 Å². The van der Waals surface area contributed by atoms with Crippen molar-refractivity contribution >= 4 is 104 Å². The first-order valence-corrected chi connectivity index (χ1v) is 22.0. The number of halogens is 7. The largest absolute Gasteiger partial charge is 0.533 e. The second kappa shape index (κ2) is 9.54. The lowest BCUT2D eigenvalue weighted by atomic mass is 9.78. The van der Waals surface area contributed by atoms with Crippen molar-refractivity contribution in [1.29, 1.82) is 0 Å². The molecule has 0 fully saturated rings. The van der Waals surface area contributed by atoms with Crippen LogP contribution in [0.5, 0.6) is 5.75 Å². The zero-order valence-corrected chi connectivity index (χ0v) is 26.7. The average Bonchev–Trinajstić information content (AvgIpc) is 2.40. The van der Waals surface area contributed by atoms with Crippen LogP contribution in [0.2, 0.25) is 0 Å². The van der Waals surface area contributed by atoms with Gasteiger partial charge in [0.1, 0.15) is 0 Å². The summed E-state index contributed by atoms with van der Waals surface area (Å²) in [5.74, 6) is -9.52. The van der Waals surface area contributed by atoms with Crippen LogP contribution in [-0.4, -0.2) is 0 Å². The normalized spacial score (nSPS) is 25.4. The molecule has 1 heterocycles. The van der Waals surface area contributed by atoms with Crippen LogP contribution in [-0.2, 0) is 10.8 Å². The molecule has 1 N–H and O–H groups in total. The molecule has 0 saturated heterocycles. The lowest BCUT2D eigenvalue weighted by molar-refractivity contribution is 0.499. The summed E-state index contributed by atoms with van der Waals surface area (Å²) in [4.78, 5) is 2.64. The molecule has 0 spiro atoms. The Hall–Kier alpha value is 2.13. The van der Waals surface area contributed by atoms with Crippen molar-refractivity contribution in [3.63, 3.8) is 0 Å². The Bertz CT molecular complexity index is 1010. The fourth-order valence-corrected chi connectivity index (χ4v) is 26.6. The van der Waals surface area contributed by atoms with Crippen molar-refractivity contribution in [2.75, 3.05) is 0 Å². The van der Waals surface area contributed by atoms with Crippen LogP contribution in [0.4, 0.5) is 0 Å². The molecule has 16 heteroatoms. The number of aryl methyl sites for hydroxylation is 1. The highest BCUT2D eigenvalue weighted by molar-refractivity contribution is 8.26. The van der Waals surface area contributed by atoms with Crippen LogP contribution >= 0.6 is 104 Å². The van der Waals surface area contributed by atoms with Gasteiger partial charge in [-0.1, -0.05) is 59.2 Å². The molecule has 0 aliphatic carbocycles. The van der Waals surface area contributed by atoms with Gasteiger partial charge in [0.05, 0.1) is 0 Å². The van der Waals surface area contributed by atoms with Gasteiger partial charge >= 0.3 is 7.14 Å². The summed E-state index contributed by atoms with van der Waals surface area (Å²) in [6.07, 6.45) is 0. The molecule has 0 bridgehead atoms. The van der Waals surface area contributed by atoms with Crippen LogP contribution < -0.4 is 9.38 Å². The number of hydrogen-bond acceptors (Lipinski definition) is 5. The summed E-state index contributed by atoms with van der Waals surface area (Å²) < 4.78 is 19.1. The van der Waals surface area contributed by atoms with Gasteiger partial charge in [-0.25, -0.2) is 0 Å². The topological polar surface area (TPSA) is 58.3 Å². The molecule has 1 atom stereocenters. The Morgan fingerprint density at radius 1 is 0.839 bits per heavy atom. The smallest absolute Gasteiger partial charge is 0.278 e. The Kier molecular flexibility index (Phi) is 9.04. The molecule has 1 unspecified atom stereocenters. The summed E-state index contributed by atoms with van der Waals surface area (Å²) in [6.45, 7) is 14.5. The van der Waals surface area contributed by atoms with Gasteiger partial charge in [0, 0.05) is 11.1 Å². The number of nitrogens with zero attached hydrogens (tertiary/aromatic N) is 3. The maximum absolute atomic E-state index is 6.83. The fraction of sp³-hybridized carbons (Fsp3) is 0.600. The minimum Gasteiger partial charge on any atom is -0.278 e. The standard InChI is InChI=1S/C15H24Cl7N4OP4/c1-10-8-11(14(2,3)4)13(12(9-10)15(5,6)7)27-31(22)25-29(18,19)23-28(16,17)24-30(20,21)26-31/h8-9,23H,1-7H3/q+1. The molecule has 0 aromatic heterocycles. The molecule has 1 aliphatic heterocycles.